The lowest BCUT2D eigenvalue weighted by atomic mass is 10.1. The number of methoxy groups -OCH3 is 2. The topological polar surface area (TPSA) is 96.5 Å². The molecule has 1 aromatic heterocycles. The number of halogens is 1. The summed E-state index contributed by atoms with van der Waals surface area (Å²) in [5, 5.41) is 0. The second-order valence-electron chi connectivity index (χ2n) is 8.04. The molecule has 9 nitrogen and oxygen atoms in total. The number of thiophene rings is 1. The van der Waals surface area contributed by atoms with Gasteiger partial charge in [0, 0.05) is 32.7 Å². The summed E-state index contributed by atoms with van der Waals surface area (Å²) >= 11 is 6.92. The van der Waals surface area contributed by atoms with Crippen molar-refractivity contribution in [1.82, 2.24) is 14.1 Å². The maximum atomic E-state index is 13.0. The van der Waals surface area contributed by atoms with Crippen molar-refractivity contribution in [3.63, 3.8) is 0 Å². The van der Waals surface area contributed by atoms with Gasteiger partial charge in [0.05, 0.1) is 31.0 Å². The van der Waals surface area contributed by atoms with Gasteiger partial charge in [-0.05, 0) is 36.2 Å². The number of piperazine rings is 1. The van der Waals surface area contributed by atoms with Gasteiger partial charge in [0.1, 0.15) is 4.21 Å². The Labute approximate surface area is 207 Å². The van der Waals surface area contributed by atoms with Gasteiger partial charge in [0.25, 0.3) is 10.0 Å². The number of sulfonamides is 1. The smallest absolute Gasteiger partial charge is 0.252 e. The molecule has 2 aliphatic rings. The van der Waals surface area contributed by atoms with E-state index >= 15 is 0 Å². The van der Waals surface area contributed by atoms with Gasteiger partial charge in [-0.25, -0.2) is 8.42 Å². The first-order valence-electron chi connectivity index (χ1n) is 10.8. The van der Waals surface area contributed by atoms with Crippen LogP contribution in [0.25, 0.3) is 0 Å². The highest BCUT2D eigenvalue weighted by Crippen LogP contribution is 2.30. The summed E-state index contributed by atoms with van der Waals surface area (Å²) in [7, 11) is -0.496. The van der Waals surface area contributed by atoms with Crippen molar-refractivity contribution >= 4 is 44.8 Å². The third-order valence-corrected chi connectivity index (χ3v) is 9.75. The SMILES string of the molecule is COc1ccc(CCN2C(=O)C[C@@H](N3CCN(S(=O)(=O)c4ccc(Cl)s4)CC3)C2=O)cc1OC. The molecule has 0 spiro atoms. The van der Waals surface area contributed by atoms with Crippen LogP contribution in [-0.4, -0.2) is 87.3 Å². The monoisotopic (exact) mass is 527 g/mol. The molecule has 0 aliphatic carbocycles. The molecule has 3 heterocycles. The molecule has 2 fully saturated rings. The largest absolute Gasteiger partial charge is 0.493 e. The summed E-state index contributed by atoms with van der Waals surface area (Å²) < 4.78 is 38.2. The standard InChI is InChI=1S/C22H26ClN3O6S2/c1-31-17-4-3-15(13-18(17)32-2)7-8-26-20(27)14-16(22(26)28)24-9-11-25(12-10-24)34(29,30)21-6-5-19(23)33-21/h3-6,13,16H,7-12,14H2,1-2H3/t16-/m1/s1. The second-order valence-corrected chi connectivity index (χ2v) is 11.9. The number of likely N-dealkylation sites (tertiary alicyclic amines) is 1. The number of amides is 2. The average molecular weight is 528 g/mol. The zero-order chi connectivity index (χ0) is 24.5. The van der Waals surface area contributed by atoms with E-state index in [1.165, 1.54) is 15.3 Å². The van der Waals surface area contributed by atoms with Crippen LogP contribution in [0.5, 0.6) is 11.5 Å². The van der Waals surface area contributed by atoms with Crippen LogP contribution in [0, 0.1) is 0 Å². The van der Waals surface area contributed by atoms with E-state index in [0.29, 0.717) is 35.3 Å². The Balaban J connectivity index is 1.35. The van der Waals surface area contributed by atoms with Crippen molar-refractivity contribution in [2.24, 2.45) is 0 Å². The van der Waals surface area contributed by atoms with E-state index in [9.17, 15) is 18.0 Å². The van der Waals surface area contributed by atoms with Crippen LogP contribution in [0.4, 0.5) is 0 Å². The molecule has 2 saturated heterocycles. The number of carbonyl (C=O) groups is 2. The minimum Gasteiger partial charge on any atom is -0.493 e. The minimum atomic E-state index is -3.61. The quantitative estimate of drug-likeness (QED) is 0.485. The van der Waals surface area contributed by atoms with Gasteiger partial charge in [-0.15, -0.1) is 11.3 Å². The molecule has 4 rings (SSSR count). The fraction of sp³-hybridized carbons (Fsp3) is 0.455. The van der Waals surface area contributed by atoms with Gasteiger partial charge in [-0.2, -0.15) is 4.31 Å². The highest BCUT2D eigenvalue weighted by Gasteiger charge is 2.43. The zero-order valence-corrected chi connectivity index (χ0v) is 21.3. The normalized spacial score (nSPS) is 20.2. The number of imide groups is 1. The first-order chi connectivity index (χ1) is 16.2. The Morgan fingerprint density at radius 2 is 1.74 bits per heavy atom. The molecule has 1 atom stereocenters. The number of nitrogens with zero attached hydrogens (tertiary/aromatic N) is 3. The minimum absolute atomic E-state index is 0.109. The van der Waals surface area contributed by atoms with Gasteiger partial charge in [0.15, 0.2) is 11.5 Å². The van der Waals surface area contributed by atoms with Crippen molar-refractivity contribution in [1.29, 1.82) is 0 Å². The van der Waals surface area contributed by atoms with E-state index in [4.69, 9.17) is 21.1 Å². The van der Waals surface area contributed by atoms with Crippen molar-refractivity contribution in [2.45, 2.75) is 23.1 Å². The van der Waals surface area contributed by atoms with Crippen LogP contribution in [0.3, 0.4) is 0 Å². The molecule has 1 aromatic carbocycles. The zero-order valence-electron chi connectivity index (χ0n) is 18.9. The fourth-order valence-corrected chi connectivity index (χ4v) is 7.34. The summed E-state index contributed by atoms with van der Waals surface area (Å²) in [6, 6.07) is 8.02. The van der Waals surface area contributed by atoms with Gasteiger partial charge in [-0.1, -0.05) is 17.7 Å². The Bertz CT molecular complexity index is 1180. The van der Waals surface area contributed by atoms with E-state index < -0.39 is 16.1 Å². The molecule has 34 heavy (non-hydrogen) atoms. The molecule has 0 N–H and O–H groups in total. The third kappa shape index (κ3) is 4.94. The predicted octanol–water partition coefficient (Wildman–Crippen LogP) is 2.10. The molecule has 0 radical (unpaired) electrons. The van der Waals surface area contributed by atoms with Gasteiger partial charge >= 0.3 is 0 Å². The molecular formula is C22H26ClN3O6S2. The molecule has 0 bridgehead atoms. The van der Waals surface area contributed by atoms with E-state index in [1.807, 2.05) is 17.0 Å². The number of hydrogen-bond donors (Lipinski definition) is 0. The molecule has 0 saturated carbocycles. The summed E-state index contributed by atoms with van der Waals surface area (Å²) in [4.78, 5) is 28.9. The molecular weight excluding hydrogens is 502 g/mol. The van der Waals surface area contributed by atoms with E-state index in [-0.39, 0.29) is 42.1 Å². The van der Waals surface area contributed by atoms with Crippen molar-refractivity contribution in [3.05, 3.63) is 40.2 Å². The highest BCUT2D eigenvalue weighted by molar-refractivity contribution is 7.91. The van der Waals surface area contributed by atoms with Crippen LogP contribution >= 0.6 is 22.9 Å². The lowest BCUT2D eigenvalue weighted by Crippen LogP contribution is -2.53. The van der Waals surface area contributed by atoms with Crippen molar-refractivity contribution in [2.75, 3.05) is 46.9 Å². The lowest BCUT2D eigenvalue weighted by Gasteiger charge is -2.36. The molecule has 2 aliphatic heterocycles. The van der Waals surface area contributed by atoms with E-state index in [1.54, 1.807) is 26.4 Å². The van der Waals surface area contributed by atoms with Crippen LogP contribution in [-0.2, 0) is 26.0 Å². The first-order valence-corrected chi connectivity index (χ1v) is 13.4. The maximum Gasteiger partial charge on any atom is 0.252 e. The fourth-order valence-electron chi connectivity index (χ4n) is 4.28. The van der Waals surface area contributed by atoms with E-state index in [2.05, 4.69) is 0 Å². The van der Waals surface area contributed by atoms with Gasteiger partial charge in [0.2, 0.25) is 11.8 Å². The summed E-state index contributed by atoms with van der Waals surface area (Å²) in [5.41, 5.74) is 0.925. The van der Waals surface area contributed by atoms with E-state index in [0.717, 1.165) is 16.9 Å². The van der Waals surface area contributed by atoms with Gasteiger partial charge in [-0.3, -0.25) is 19.4 Å². The maximum absolute atomic E-state index is 13.0. The molecule has 2 amide bonds. The number of carbonyl (C=O) groups excluding carboxylic acids is 2. The number of benzene rings is 1. The highest BCUT2D eigenvalue weighted by atomic mass is 35.5. The Morgan fingerprint density at radius 1 is 1.03 bits per heavy atom. The Kier molecular flexibility index (Phi) is 7.48. The van der Waals surface area contributed by atoms with Crippen LogP contribution in [0.15, 0.2) is 34.5 Å². The van der Waals surface area contributed by atoms with Crippen LogP contribution < -0.4 is 9.47 Å². The Morgan fingerprint density at radius 3 is 2.35 bits per heavy atom. The number of rotatable bonds is 8. The van der Waals surface area contributed by atoms with Crippen LogP contribution in [0.1, 0.15) is 12.0 Å². The predicted molar refractivity (Wildman–Crippen MR) is 128 cm³/mol. The van der Waals surface area contributed by atoms with Gasteiger partial charge < -0.3 is 9.47 Å². The second kappa shape index (κ2) is 10.2. The molecule has 184 valence electrons. The summed E-state index contributed by atoms with van der Waals surface area (Å²) in [6.07, 6.45) is 0.609. The third-order valence-electron chi connectivity index (χ3n) is 6.15. The average Bonchev–Trinajstić information content (AvgIpc) is 3.40. The summed E-state index contributed by atoms with van der Waals surface area (Å²) in [5.74, 6) is 0.767. The molecule has 2 aromatic rings. The van der Waals surface area contributed by atoms with Crippen molar-refractivity contribution < 1.29 is 27.5 Å². The number of hydrogen-bond acceptors (Lipinski definition) is 8. The Hall–Kier alpha value is -2.18. The molecule has 12 heteroatoms. The van der Waals surface area contributed by atoms with Crippen molar-refractivity contribution in [3.8, 4) is 11.5 Å². The molecule has 0 unspecified atom stereocenters. The number of ether oxygens (including phenoxy) is 2. The van der Waals surface area contributed by atoms with Crippen LogP contribution in [0.2, 0.25) is 4.34 Å². The lowest BCUT2D eigenvalue weighted by molar-refractivity contribution is -0.139. The summed E-state index contributed by atoms with van der Waals surface area (Å²) in [6.45, 7) is 1.54. The first kappa shape index (κ1) is 24.9.